The van der Waals surface area contributed by atoms with Crippen LogP contribution in [-0.4, -0.2) is 67.6 Å². The number of rotatable bonds is 4. The molecule has 0 aliphatic carbocycles. The van der Waals surface area contributed by atoms with Gasteiger partial charge in [-0.1, -0.05) is 6.42 Å². The molecule has 0 aromatic carbocycles. The number of nitrogens with one attached hydrogen (secondary N) is 2. The minimum absolute atomic E-state index is 0.00789. The molecule has 6 heteroatoms. The van der Waals surface area contributed by atoms with Gasteiger partial charge in [0.1, 0.15) is 0 Å². The maximum absolute atomic E-state index is 12.3. The van der Waals surface area contributed by atoms with Crippen LogP contribution in [0.5, 0.6) is 0 Å². The Hall–Kier alpha value is -0.850. The van der Waals surface area contributed by atoms with Crippen LogP contribution in [-0.2, 0) is 9.47 Å². The van der Waals surface area contributed by atoms with E-state index in [9.17, 15) is 4.79 Å². The fourth-order valence-electron chi connectivity index (χ4n) is 4.16. The van der Waals surface area contributed by atoms with Gasteiger partial charge in [0.05, 0.1) is 12.2 Å². The fraction of sp³-hybridized carbons (Fsp3) is 0.944. The lowest BCUT2D eigenvalue weighted by molar-refractivity contribution is -0.0878. The van der Waals surface area contributed by atoms with Gasteiger partial charge in [-0.05, 0) is 52.6 Å². The van der Waals surface area contributed by atoms with Gasteiger partial charge < -0.3 is 20.1 Å². The quantitative estimate of drug-likeness (QED) is 0.821. The Balaban J connectivity index is 1.43. The van der Waals surface area contributed by atoms with E-state index >= 15 is 0 Å². The molecule has 3 heterocycles. The summed E-state index contributed by atoms with van der Waals surface area (Å²) in [5.74, 6) is 0. The van der Waals surface area contributed by atoms with E-state index in [1.54, 1.807) is 0 Å². The van der Waals surface area contributed by atoms with E-state index in [0.29, 0.717) is 19.8 Å². The lowest BCUT2D eigenvalue weighted by Crippen LogP contribution is -2.56. The van der Waals surface area contributed by atoms with Gasteiger partial charge in [0.15, 0.2) is 0 Å². The van der Waals surface area contributed by atoms with E-state index in [2.05, 4.69) is 29.4 Å². The summed E-state index contributed by atoms with van der Waals surface area (Å²) >= 11 is 0. The van der Waals surface area contributed by atoms with Crippen molar-refractivity contribution in [3.63, 3.8) is 0 Å². The molecule has 0 aromatic heterocycles. The Morgan fingerprint density at radius 2 is 2.04 bits per heavy atom. The average Bonchev–Trinajstić information content (AvgIpc) is 3.01. The van der Waals surface area contributed by atoms with Crippen LogP contribution in [0.4, 0.5) is 4.79 Å². The van der Waals surface area contributed by atoms with E-state index in [4.69, 9.17) is 9.47 Å². The summed E-state index contributed by atoms with van der Waals surface area (Å²) in [6.07, 6.45) is 6.54. The molecule has 0 radical (unpaired) electrons. The molecule has 3 aliphatic heterocycles. The Morgan fingerprint density at radius 1 is 1.25 bits per heavy atom. The molecular weight excluding hydrogens is 306 g/mol. The van der Waals surface area contributed by atoms with Gasteiger partial charge in [0.2, 0.25) is 0 Å². The van der Waals surface area contributed by atoms with Crippen LogP contribution in [0.15, 0.2) is 0 Å². The number of urea groups is 1. The van der Waals surface area contributed by atoms with E-state index in [0.717, 1.165) is 39.0 Å². The number of ether oxygens (including phenoxy) is 2. The number of amides is 2. The Labute approximate surface area is 145 Å². The first-order chi connectivity index (χ1) is 11.5. The first-order valence-corrected chi connectivity index (χ1v) is 9.50. The molecular formula is C18H33N3O3. The predicted octanol–water partition coefficient (Wildman–Crippen LogP) is 1.89. The second kappa shape index (κ2) is 7.58. The number of likely N-dealkylation sites (tertiary alicyclic amines) is 1. The first kappa shape index (κ1) is 18.0. The third-order valence-corrected chi connectivity index (χ3v) is 5.79. The highest BCUT2D eigenvalue weighted by Crippen LogP contribution is 2.32. The Morgan fingerprint density at radius 3 is 2.75 bits per heavy atom. The summed E-state index contributed by atoms with van der Waals surface area (Å²) in [5, 5.41) is 6.22. The van der Waals surface area contributed by atoms with Gasteiger partial charge in [-0.2, -0.15) is 0 Å². The maximum Gasteiger partial charge on any atom is 0.315 e. The number of carbonyl (C=O) groups excluding carboxylic acids is 1. The summed E-state index contributed by atoms with van der Waals surface area (Å²) in [4.78, 5) is 14.8. The minimum atomic E-state index is -0.163. The van der Waals surface area contributed by atoms with Crippen molar-refractivity contribution in [3.8, 4) is 0 Å². The minimum Gasteiger partial charge on any atom is -0.378 e. The van der Waals surface area contributed by atoms with Crippen LogP contribution in [0, 0.1) is 0 Å². The van der Waals surface area contributed by atoms with Gasteiger partial charge in [0, 0.05) is 37.8 Å². The number of nitrogens with zero attached hydrogens (tertiary/aromatic N) is 1. The zero-order valence-electron chi connectivity index (χ0n) is 15.2. The SMILES string of the molecule is CC(C)(CNC(=O)N[C@@H]1CCO[C@]2(CCOC2)C1)N1CCCCC1. The standard InChI is InChI=1S/C18H33N3O3/c1-17(2,21-8-4-3-5-9-21)13-19-16(22)20-15-6-10-24-18(12-15)7-11-23-14-18/h15H,3-14H2,1-2H3,(H2,19,20,22)/t15-,18-/m1/s1. The number of piperidine rings is 1. The Kier molecular flexibility index (Phi) is 5.67. The van der Waals surface area contributed by atoms with Crippen molar-refractivity contribution in [2.45, 2.75) is 69.6 Å². The monoisotopic (exact) mass is 339 g/mol. The van der Waals surface area contributed by atoms with Gasteiger partial charge in [-0.3, -0.25) is 4.90 Å². The summed E-state index contributed by atoms with van der Waals surface area (Å²) < 4.78 is 11.4. The summed E-state index contributed by atoms with van der Waals surface area (Å²) in [5.41, 5.74) is -0.156. The summed E-state index contributed by atoms with van der Waals surface area (Å²) in [6.45, 7) is 9.52. The van der Waals surface area contributed by atoms with Crippen molar-refractivity contribution < 1.29 is 14.3 Å². The number of hydrogen-bond acceptors (Lipinski definition) is 4. The number of hydrogen-bond donors (Lipinski definition) is 2. The van der Waals surface area contributed by atoms with Crippen molar-refractivity contribution in [1.29, 1.82) is 0 Å². The highest BCUT2D eigenvalue weighted by atomic mass is 16.6. The molecule has 2 amide bonds. The molecule has 0 aromatic rings. The molecule has 0 bridgehead atoms. The highest BCUT2D eigenvalue weighted by molar-refractivity contribution is 5.74. The molecule has 1 spiro atoms. The largest absolute Gasteiger partial charge is 0.378 e. The normalized spacial score (nSPS) is 32.0. The zero-order valence-corrected chi connectivity index (χ0v) is 15.2. The molecule has 3 saturated heterocycles. The van der Waals surface area contributed by atoms with Crippen LogP contribution in [0.2, 0.25) is 0 Å². The Bertz CT molecular complexity index is 429. The average molecular weight is 339 g/mol. The summed E-state index contributed by atoms with van der Waals surface area (Å²) in [7, 11) is 0. The topological polar surface area (TPSA) is 62.8 Å². The maximum atomic E-state index is 12.3. The van der Waals surface area contributed by atoms with Gasteiger partial charge in [-0.25, -0.2) is 4.79 Å². The van der Waals surface area contributed by atoms with Crippen molar-refractivity contribution in [2.75, 3.05) is 39.5 Å². The second-order valence-electron chi connectivity index (χ2n) is 8.21. The molecule has 2 atom stereocenters. The van der Waals surface area contributed by atoms with Gasteiger partial charge in [0.25, 0.3) is 0 Å². The van der Waals surface area contributed by atoms with Gasteiger partial charge >= 0.3 is 6.03 Å². The van der Waals surface area contributed by atoms with Crippen LogP contribution in [0.25, 0.3) is 0 Å². The molecule has 138 valence electrons. The van der Waals surface area contributed by atoms with Crippen LogP contribution >= 0.6 is 0 Å². The van der Waals surface area contributed by atoms with E-state index < -0.39 is 0 Å². The van der Waals surface area contributed by atoms with Crippen LogP contribution < -0.4 is 10.6 Å². The van der Waals surface area contributed by atoms with E-state index in [1.165, 1.54) is 19.3 Å². The van der Waals surface area contributed by atoms with Crippen molar-refractivity contribution in [2.24, 2.45) is 0 Å². The molecule has 3 rings (SSSR count). The summed E-state index contributed by atoms with van der Waals surface area (Å²) in [6, 6.07) is 0.125. The van der Waals surface area contributed by atoms with E-state index in [-0.39, 0.29) is 23.2 Å². The molecule has 3 fully saturated rings. The molecule has 3 aliphatic rings. The first-order valence-electron chi connectivity index (χ1n) is 9.50. The fourth-order valence-corrected chi connectivity index (χ4v) is 4.16. The van der Waals surface area contributed by atoms with Gasteiger partial charge in [-0.15, -0.1) is 0 Å². The molecule has 6 nitrogen and oxygen atoms in total. The molecule has 0 unspecified atom stereocenters. The second-order valence-corrected chi connectivity index (χ2v) is 8.21. The molecule has 0 saturated carbocycles. The molecule has 2 N–H and O–H groups in total. The molecule has 24 heavy (non-hydrogen) atoms. The third kappa shape index (κ3) is 4.41. The zero-order chi connectivity index (χ0) is 17.0. The predicted molar refractivity (Wildman–Crippen MR) is 93.2 cm³/mol. The lowest BCUT2D eigenvalue weighted by atomic mass is 9.90. The van der Waals surface area contributed by atoms with Crippen molar-refractivity contribution >= 4 is 6.03 Å². The smallest absolute Gasteiger partial charge is 0.315 e. The van der Waals surface area contributed by atoms with Crippen LogP contribution in [0.1, 0.15) is 52.4 Å². The number of carbonyl (C=O) groups is 1. The van der Waals surface area contributed by atoms with Crippen LogP contribution in [0.3, 0.4) is 0 Å². The third-order valence-electron chi connectivity index (χ3n) is 5.79. The van der Waals surface area contributed by atoms with Crippen molar-refractivity contribution in [3.05, 3.63) is 0 Å². The highest BCUT2D eigenvalue weighted by Gasteiger charge is 2.41. The van der Waals surface area contributed by atoms with Crippen molar-refractivity contribution in [1.82, 2.24) is 15.5 Å². The lowest BCUT2D eigenvalue weighted by Gasteiger charge is -2.41. The van der Waals surface area contributed by atoms with E-state index in [1.807, 2.05) is 0 Å².